The highest BCUT2D eigenvalue weighted by atomic mass is 16.5. The Bertz CT molecular complexity index is 889. The lowest BCUT2D eigenvalue weighted by molar-refractivity contribution is -0.126. The Morgan fingerprint density at radius 3 is 2.75 bits per heavy atom. The monoisotopic (exact) mass is 378 g/mol. The molecule has 0 spiro atoms. The number of anilines is 1. The van der Waals surface area contributed by atoms with Crippen LogP contribution >= 0.6 is 0 Å². The Kier molecular flexibility index (Phi) is 5.07. The van der Waals surface area contributed by atoms with Crippen molar-refractivity contribution in [3.05, 3.63) is 59.2 Å². The smallest absolute Gasteiger partial charge is 0.227 e. The Balaban J connectivity index is 1.36. The van der Waals surface area contributed by atoms with Crippen LogP contribution in [0.25, 0.3) is 0 Å². The fraction of sp³-hybridized carbons (Fsp3) is 0.391. The summed E-state index contributed by atoms with van der Waals surface area (Å²) in [5.41, 5.74) is 4.36. The lowest BCUT2D eigenvalue weighted by Gasteiger charge is -2.18. The first-order valence-electron chi connectivity index (χ1n) is 9.94. The molecule has 146 valence electrons. The number of nitrogens with zero attached hydrogens (tertiary/aromatic N) is 1. The summed E-state index contributed by atoms with van der Waals surface area (Å²) in [7, 11) is 0. The van der Waals surface area contributed by atoms with Gasteiger partial charge in [0.1, 0.15) is 5.75 Å². The highest BCUT2D eigenvalue weighted by Gasteiger charge is 2.35. The fourth-order valence-electron chi connectivity index (χ4n) is 3.86. The van der Waals surface area contributed by atoms with Crippen molar-refractivity contribution in [2.45, 2.75) is 39.2 Å². The van der Waals surface area contributed by atoms with E-state index in [0.29, 0.717) is 19.0 Å². The molecule has 28 heavy (non-hydrogen) atoms. The second-order valence-corrected chi connectivity index (χ2v) is 7.91. The zero-order valence-electron chi connectivity index (χ0n) is 16.4. The van der Waals surface area contributed by atoms with Crippen LogP contribution in [0, 0.1) is 5.92 Å². The highest BCUT2D eigenvalue weighted by Crippen LogP contribution is 2.28. The Hall–Kier alpha value is -2.82. The minimum absolute atomic E-state index is 0.00660. The standard InChI is InChI=1S/C23H26N2O3/c1-15(2)17-4-6-20(7-5-17)25-14-19(12-22(25)26)23(27)24-13-16-3-8-21-18(11-16)9-10-28-21/h3-8,11,15,19H,9-10,12-14H2,1-2H3,(H,24,27). The topological polar surface area (TPSA) is 58.6 Å². The molecule has 1 unspecified atom stereocenters. The molecule has 2 heterocycles. The molecule has 1 fully saturated rings. The van der Waals surface area contributed by atoms with Crippen LogP contribution in [0.1, 0.15) is 42.9 Å². The highest BCUT2D eigenvalue weighted by molar-refractivity contribution is 6.00. The zero-order chi connectivity index (χ0) is 19.7. The van der Waals surface area contributed by atoms with E-state index in [9.17, 15) is 9.59 Å². The van der Waals surface area contributed by atoms with Crippen molar-refractivity contribution in [3.63, 3.8) is 0 Å². The van der Waals surface area contributed by atoms with E-state index in [1.165, 1.54) is 11.1 Å². The molecule has 2 aliphatic heterocycles. The molecule has 2 aromatic carbocycles. The quantitative estimate of drug-likeness (QED) is 0.867. The van der Waals surface area contributed by atoms with E-state index >= 15 is 0 Å². The molecule has 0 aromatic heterocycles. The number of hydrogen-bond donors (Lipinski definition) is 1. The number of carbonyl (C=O) groups excluding carboxylic acids is 2. The van der Waals surface area contributed by atoms with Gasteiger partial charge >= 0.3 is 0 Å². The zero-order valence-corrected chi connectivity index (χ0v) is 16.4. The maximum atomic E-state index is 12.6. The Morgan fingerprint density at radius 2 is 2.00 bits per heavy atom. The van der Waals surface area contributed by atoms with Crippen molar-refractivity contribution in [3.8, 4) is 5.75 Å². The summed E-state index contributed by atoms with van der Waals surface area (Å²) in [5, 5.41) is 2.99. The van der Waals surface area contributed by atoms with Crippen molar-refractivity contribution >= 4 is 17.5 Å². The molecular formula is C23H26N2O3. The van der Waals surface area contributed by atoms with E-state index in [1.807, 2.05) is 24.3 Å². The number of hydrogen-bond acceptors (Lipinski definition) is 3. The number of amides is 2. The van der Waals surface area contributed by atoms with Gasteiger partial charge in [0.2, 0.25) is 11.8 Å². The first kappa shape index (κ1) is 18.5. The SMILES string of the molecule is CC(C)c1ccc(N2CC(C(=O)NCc3ccc4c(c3)CCO4)CC2=O)cc1. The van der Waals surface area contributed by atoms with Crippen LogP contribution in [0.5, 0.6) is 5.75 Å². The van der Waals surface area contributed by atoms with Gasteiger partial charge in [-0.25, -0.2) is 0 Å². The Morgan fingerprint density at radius 1 is 1.21 bits per heavy atom. The molecule has 0 aliphatic carbocycles. The minimum Gasteiger partial charge on any atom is -0.493 e. The normalized spacial score (nSPS) is 18.3. The van der Waals surface area contributed by atoms with Gasteiger partial charge in [0.15, 0.2) is 0 Å². The van der Waals surface area contributed by atoms with Gasteiger partial charge in [0.25, 0.3) is 0 Å². The molecule has 5 heteroatoms. The number of benzene rings is 2. The van der Waals surface area contributed by atoms with Gasteiger partial charge in [0.05, 0.1) is 12.5 Å². The van der Waals surface area contributed by atoms with Gasteiger partial charge in [-0.05, 0) is 40.8 Å². The van der Waals surface area contributed by atoms with Crippen molar-refractivity contribution in [2.24, 2.45) is 5.92 Å². The first-order valence-corrected chi connectivity index (χ1v) is 9.94. The van der Waals surface area contributed by atoms with Crippen LogP contribution in [0.3, 0.4) is 0 Å². The van der Waals surface area contributed by atoms with Gasteiger partial charge < -0.3 is 15.0 Å². The largest absolute Gasteiger partial charge is 0.493 e. The predicted molar refractivity (Wildman–Crippen MR) is 108 cm³/mol. The van der Waals surface area contributed by atoms with Gasteiger partial charge in [-0.1, -0.05) is 38.1 Å². The van der Waals surface area contributed by atoms with E-state index in [0.717, 1.165) is 30.0 Å². The summed E-state index contributed by atoms with van der Waals surface area (Å²) < 4.78 is 5.52. The summed E-state index contributed by atoms with van der Waals surface area (Å²) in [4.78, 5) is 26.8. The molecule has 0 radical (unpaired) electrons. The van der Waals surface area contributed by atoms with Crippen LogP contribution in [0.2, 0.25) is 0 Å². The van der Waals surface area contributed by atoms with Crippen LogP contribution in [0.4, 0.5) is 5.69 Å². The van der Waals surface area contributed by atoms with E-state index in [-0.39, 0.29) is 24.2 Å². The molecule has 0 saturated carbocycles. The van der Waals surface area contributed by atoms with Crippen LogP contribution in [0.15, 0.2) is 42.5 Å². The van der Waals surface area contributed by atoms with Crippen LogP contribution in [-0.2, 0) is 22.6 Å². The van der Waals surface area contributed by atoms with Gasteiger partial charge in [-0.15, -0.1) is 0 Å². The van der Waals surface area contributed by atoms with Crippen LogP contribution in [-0.4, -0.2) is 25.0 Å². The number of rotatable bonds is 5. The summed E-state index contributed by atoms with van der Waals surface area (Å²) in [6.45, 7) is 5.92. The molecule has 0 bridgehead atoms. The summed E-state index contributed by atoms with van der Waals surface area (Å²) in [6, 6.07) is 14.1. The number of fused-ring (bicyclic) bond motifs is 1. The van der Waals surface area contributed by atoms with E-state index < -0.39 is 0 Å². The number of carbonyl (C=O) groups is 2. The Labute approximate surface area is 165 Å². The first-order chi connectivity index (χ1) is 13.5. The maximum Gasteiger partial charge on any atom is 0.227 e. The molecule has 2 amide bonds. The summed E-state index contributed by atoms with van der Waals surface area (Å²) in [6.07, 6.45) is 1.18. The molecule has 1 atom stereocenters. The molecule has 2 aliphatic rings. The second-order valence-electron chi connectivity index (χ2n) is 7.91. The van der Waals surface area contributed by atoms with E-state index in [1.54, 1.807) is 4.90 Å². The minimum atomic E-state index is -0.310. The van der Waals surface area contributed by atoms with E-state index in [2.05, 4.69) is 37.4 Å². The van der Waals surface area contributed by atoms with Gasteiger partial charge in [-0.2, -0.15) is 0 Å². The third kappa shape index (κ3) is 3.75. The number of nitrogens with one attached hydrogen (secondary N) is 1. The van der Waals surface area contributed by atoms with Gasteiger partial charge in [0, 0.05) is 31.6 Å². The maximum absolute atomic E-state index is 12.6. The average molecular weight is 378 g/mol. The average Bonchev–Trinajstić information content (AvgIpc) is 3.32. The molecule has 5 nitrogen and oxygen atoms in total. The molecule has 1 saturated heterocycles. The molecule has 1 N–H and O–H groups in total. The van der Waals surface area contributed by atoms with E-state index in [4.69, 9.17) is 4.74 Å². The lowest BCUT2D eigenvalue weighted by Crippen LogP contribution is -2.32. The van der Waals surface area contributed by atoms with Crippen molar-refractivity contribution in [1.29, 1.82) is 0 Å². The lowest BCUT2D eigenvalue weighted by atomic mass is 10.0. The second kappa shape index (κ2) is 7.66. The third-order valence-electron chi connectivity index (χ3n) is 5.59. The van der Waals surface area contributed by atoms with Crippen LogP contribution < -0.4 is 15.0 Å². The van der Waals surface area contributed by atoms with Crippen molar-refractivity contribution in [1.82, 2.24) is 5.32 Å². The number of ether oxygens (including phenoxy) is 1. The third-order valence-corrected chi connectivity index (χ3v) is 5.59. The van der Waals surface area contributed by atoms with Gasteiger partial charge in [-0.3, -0.25) is 9.59 Å². The summed E-state index contributed by atoms with van der Waals surface area (Å²) >= 11 is 0. The molecular weight excluding hydrogens is 352 g/mol. The van der Waals surface area contributed by atoms with Crippen molar-refractivity contribution in [2.75, 3.05) is 18.1 Å². The molecule has 2 aromatic rings. The predicted octanol–water partition coefficient (Wildman–Crippen LogP) is 3.41. The fourth-order valence-corrected chi connectivity index (χ4v) is 3.86. The molecule has 4 rings (SSSR count). The summed E-state index contributed by atoms with van der Waals surface area (Å²) in [5.74, 6) is 1.02. The van der Waals surface area contributed by atoms with Crippen molar-refractivity contribution < 1.29 is 14.3 Å².